The molecule has 0 spiro atoms. The van der Waals surface area contributed by atoms with E-state index < -0.39 is 0 Å². The number of amides is 1. The molecule has 0 N–H and O–H groups in total. The molecule has 4 rings (SSSR count). The quantitative estimate of drug-likeness (QED) is 0.688. The Labute approximate surface area is 127 Å². The van der Waals surface area contributed by atoms with E-state index >= 15 is 0 Å². The molecule has 2 heterocycles. The van der Waals surface area contributed by atoms with Gasteiger partial charge in [-0.15, -0.1) is 0 Å². The molecule has 1 amide bonds. The molecule has 22 heavy (non-hydrogen) atoms. The summed E-state index contributed by atoms with van der Waals surface area (Å²) in [5.74, 6) is 0.755. The third-order valence-corrected chi connectivity index (χ3v) is 4.05. The fraction of sp³-hybridized carbons (Fsp3) is 0.167. The highest BCUT2D eigenvalue weighted by Crippen LogP contribution is 2.35. The van der Waals surface area contributed by atoms with Crippen LogP contribution in [0, 0.1) is 0 Å². The molecule has 0 saturated carbocycles. The Hall–Kier alpha value is -2.59. The highest BCUT2D eigenvalue weighted by Gasteiger charge is 2.22. The first-order chi connectivity index (χ1) is 10.7. The average Bonchev–Trinajstić information content (AvgIpc) is 2.91. The second-order valence-corrected chi connectivity index (χ2v) is 5.40. The molecular formula is C18H15NO3. The maximum atomic E-state index is 11.9. The fourth-order valence-corrected chi connectivity index (χ4v) is 2.86. The summed E-state index contributed by atoms with van der Waals surface area (Å²) in [7, 11) is 1.78. The summed E-state index contributed by atoms with van der Waals surface area (Å²) in [6.07, 6.45) is 0. The summed E-state index contributed by atoms with van der Waals surface area (Å²) in [6.45, 7) is 0.503. The molecule has 0 atom stereocenters. The Balaban J connectivity index is 1.91. The number of furan rings is 1. The van der Waals surface area contributed by atoms with Crippen LogP contribution in [0.15, 0.2) is 52.9 Å². The van der Waals surface area contributed by atoms with Gasteiger partial charge in [0.1, 0.15) is 18.0 Å². The van der Waals surface area contributed by atoms with Gasteiger partial charge in [0.25, 0.3) is 5.91 Å². The van der Waals surface area contributed by atoms with Crippen LogP contribution < -0.4 is 4.90 Å². The van der Waals surface area contributed by atoms with E-state index in [4.69, 9.17) is 9.15 Å². The van der Waals surface area contributed by atoms with E-state index in [1.807, 2.05) is 48.5 Å². The highest BCUT2D eigenvalue weighted by atomic mass is 16.5. The topological polar surface area (TPSA) is 42.7 Å². The summed E-state index contributed by atoms with van der Waals surface area (Å²) in [5, 5.41) is 1.06. The minimum Gasteiger partial charge on any atom is -0.456 e. The Morgan fingerprint density at radius 3 is 2.77 bits per heavy atom. The highest BCUT2D eigenvalue weighted by molar-refractivity contribution is 5.96. The molecular weight excluding hydrogens is 278 g/mol. The van der Waals surface area contributed by atoms with Gasteiger partial charge in [0.15, 0.2) is 0 Å². The van der Waals surface area contributed by atoms with Crippen molar-refractivity contribution in [3.8, 4) is 11.3 Å². The van der Waals surface area contributed by atoms with Gasteiger partial charge < -0.3 is 14.1 Å². The number of fused-ring (bicyclic) bond motifs is 2. The first kappa shape index (κ1) is 13.1. The molecule has 1 aliphatic heterocycles. The van der Waals surface area contributed by atoms with Crippen LogP contribution in [0.5, 0.6) is 0 Å². The number of hydrogen-bond donors (Lipinski definition) is 0. The van der Waals surface area contributed by atoms with Gasteiger partial charge in [0.2, 0.25) is 0 Å². The van der Waals surface area contributed by atoms with Crippen molar-refractivity contribution in [2.24, 2.45) is 0 Å². The predicted octanol–water partition coefficient (Wildman–Crippen LogP) is 3.59. The molecule has 0 fully saturated rings. The number of para-hydroxylation sites is 1. The van der Waals surface area contributed by atoms with Crippen molar-refractivity contribution in [2.45, 2.75) is 6.61 Å². The molecule has 1 aromatic heterocycles. The average molecular weight is 293 g/mol. The molecule has 110 valence electrons. The molecule has 0 bridgehead atoms. The van der Waals surface area contributed by atoms with Gasteiger partial charge in [-0.25, -0.2) is 0 Å². The van der Waals surface area contributed by atoms with E-state index in [-0.39, 0.29) is 12.5 Å². The van der Waals surface area contributed by atoms with Crippen LogP contribution in [0.2, 0.25) is 0 Å². The normalized spacial score (nSPS) is 15.0. The minimum atomic E-state index is -0.0412. The number of nitrogens with zero attached hydrogens (tertiary/aromatic N) is 1. The Morgan fingerprint density at radius 1 is 1.05 bits per heavy atom. The van der Waals surface area contributed by atoms with Crippen LogP contribution >= 0.6 is 0 Å². The Bertz CT molecular complexity index is 833. The number of rotatable bonds is 1. The maximum absolute atomic E-state index is 11.9. The largest absolute Gasteiger partial charge is 0.456 e. The van der Waals surface area contributed by atoms with Crippen molar-refractivity contribution in [1.29, 1.82) is 0 Å². The third kappa shape index (κ3) is 2.00. The summed E-state index contributed by atoms with van der Waals surface area (Å²) in [5.41, 5.74) is 3.68. The zero-order chi connectivity index (χ0) is 15.1. The van der Waals surface area contributed by atoms with Crippen molar-refractivity contribution in [2.75, 3.05) is 18.6 Å². The molecule has 1 aliphatic rings. The number of carbonyl (C=O) groups is 1. The van der Waals surface area contributed by atoms with Gasteiger partial charge in [-0.3, -0.25) is 4.79 Å². The smallest absolute Gasteiger partial charge is 0.252 e. The van der Waals surface area contributed by atoms with Crippen molar-refractivity contribution < 1.29 is 13.9 Å². The minimum absolute atomic E-state index is 0.0412. The van der Waals surface area contributed by atoms with Crippen molar-refractivity contribution in [3.63, 3.8) is 0 Å². The molecule has 0 aliphatic carbocycles. The van der Waals surface area contributed by atoms with Crippen molar-refractivity contribution in [1.82, 2.24) is 0 Å². The molecule has 3 aromatic rings. The fourth-order valence-electron chi connectivity index (χ4n) is 2.86. The number of hydrogen-bond acceptors (Lipinski definition) is 3. The molecule has 2 aromatic carbocycles. The SMILES string of the molecule is CN1C(=O)COCc2c(-c3cc4ccccc4o3)cccc21. The van der Waals surface area contributed by atoms with E-state index in [9.17, 15) is 4.79 Å². The van der Waals surface area contributed by atoms with E-state index in [0.29, 0.717) is 6.61 Å². The summed E-state index contributed by atoms with van der Waals surface area (Å²) in [6, 6.07) is 15.8. The van der Waals surface area contributed by atoms with Gasteiger partial charge in [0, 0.05) is 29.2 Å². The number of anilines is 1. The van der Waals surface area contributed by atoms with Crippen LogP contribution in [0.25, 0.3) is 22.3 Å². The lowest BCUT2D eigenvalue weighted by atomic mass is 10.0. The lowest BCUT2D eigenvalue weighted by molar-refractivity contribution is -0.122. The van der Waals surface area contributed by atoms with Gasteiger partial charge in [-0.2, -0.15) is 0 Å². The van der Waals surface area contributed by atoms with Gasteiger partial charge in [-0.05, 0) is 18.2 Å². The zero-order valence-corrected chi connectivity index (χ0v) is 12.2. The van der Waals surface area contributed by atoms with Crippen LogP contribution in [-0.2, 0) is 16.1 Å². The first-order valence-corrected chi connectivity index (χ1v) is 7.19. The van der Waals surface area contributed by atoms with Crippen LogP contribution in [0.3, 0.4) is 0 Å². The monoisotopic (exact) mass is 293 g/mol. The van der Waals surface area contributed by atoms with E-state index in [0.717, 1.165) is 33.5 Å². The molecule has 0 radical (unpaired) electrons. The maximum Gasteiger partial charge on any atom is 0.252 e. The Kier molecular flexibility index (Phi) is 2.98. The second-order valence-electron chi connectivity index (χ2n) is 5.40. The van der Waals surface area contributed by atoms with Crippen LogP contribution in [0.4, 0.5) is 5.69 Å². The number of benzene rings is 2. The van der Waals surface area contributed by atoms with E-state index in [1.165, 1.54) is 0 Å². The van der Waals surface area contributed by atoms with Gasteiger partial charge in [0.05, 0.1) is 6.61 Å². The number of likely N-dealkylation sites (N-methyl/N-ethyl adjacent to an activating group) is 1. The van der Waals surface area contributed by atoms with Crippen LogP contribution in [-0.4, -0.2) is 19.6 Å². The number of ether oxygens (including phenoxy) is 1. The second kappa shape index (κ2) is 5.00. The van der Waals surface area contributed by atoms with Crippen LogP contribution in [0.1, 0.15) is 5.56 Å². The first-order valence-electron chi connectivity index (χ1n) is 7.19. The van der Waals surface area contributed by atoms with Crippen molar-refractivity contribution >= 4 is 22.6 Å². The summed E-state index contributed by atoms with van der Waals surface area (Å²) in [4.78, 5) is 13.6. The molecule has 4 nitrogen and oxygen atoms in total. The lowest BCUT2D eigenvalue weighted by Crippen LogP contribution is -2.28. The third-order valence-electron chi connectivity index (χ3n) is 4.05. The van der Waals surface area contributed by atoms with Gasteiger partial charge >= 0.3 is 0 Å². The zero-order valence-electron chi connectivity index (χ0n) is 12.2. The number of carbonyl (C=O) groups excluding carboxylic acids is 1. The standard InChI is InChI=1S/C18H15NO3/c1-19-15-7-4-6-13(14(15)10-21-11-18(19)20)17-9-12-5-2-3-8-16(12)22-17/h2-9H,10-11H2,1H3. The Morgan fingerprint density at radius 2 is 1.91 bits per heavy atom. The predicted molar refractivity (Wildman–Crippen MR) is 84.7 cm³/mol. The lowest BCUT2D eigenvalue weighted by Gasteiger charge is -2.17. The van der Waals surface area contributed by atoms with Gasteiger partial charge in [-0.1, -0.05) is 30.3 Å². The van der Waals surface area contributed by atoms with E-state index in [1.54, 1.807) is 11.9 Å². The van der Waals surface area contributed by atoms with Crippen molar-refractivity contribution in [3.05, 3.63) is 54.1 Å². The molecule has 4 heteroatoms. The van der Waals surface area contributed by atoms with E-state index in [2.05, 4.69) is 0 Å². The molecule has 0 saturated heterocycles. The molecule has 0 unspecified atom stereocenters. The summed E-state index contributed by atoms with van der Waals surface area (Å²) < 4.78 is 11.5. The summed E-state index contributed by atoms with van der Waals surface area (Å²) >= 11 is 0.